The van der Waals surface area contributed by atoms with Gasteiger partial charge in [0.05, 0.1) is 12.8 Å². The van der Waals surface area contributed by atoms with Crippen molar-refractivity contribution in [3.8, 4) is 0 Å². The van der Waals surface area contributed by atoms with Gasteiger partial charge >= 0.3 is 0 Å². The summed E-state index contributed by atoms with van der Waals surface area (Å²) >= 11 is 0. The molecule has 0 N–H and O–H groups in total. The van der Waals surface area contributed by atoms with Crippen molar-refractivity contribution in [2.75, 3.05) is 0 Å². The summed E-state index contributed by atoms with van der Waals surface area (Å²) in [5, 5.41) is 0. The van der Waals surface area contributed by atoms with Gasteiger partial charge in [-0.05, 0) is 12.8 Å². The molecule has 0 saturated carbocycles. The van der Waals surface area contributed by atoms with E-state index in [1.165, 1.54) is 13.8 Å². The van der Waals surface area contributed by atoms with Crippen molar-refractivity contribution in [1.82, 2.24) is 0 Å². The Labute approximate surface area is 91.0 Å². The van der Waals surface area contributed by atoms with Gasteiger partial charge in [0.1, 0.15) is 0 Å². The normalized spacial score (nSPS) is 14.6. The van der Waals surface area contributed by atoms with Gasteiger partial charge < -0.3 is 0 Å². The molecule has 0 amide bonds. The van der Waals surface area contributed by atoms with E-state index in [4.69, 9.17) is 0 Å². The quantitative estimate of drug-likeness (QED) is 0.597. The maximum absolute atomic E-state index is 13.0. The van der Waals surface area contributed by atoms with Crippen LogP contribution in [0.15, 0.2) is 0 Å². The molecule has 6 heteroatoms. The van der Waals surface area contributed by atoms with E-state index in [9.17, 15) is 26.3 Å². The van der Waals surface area contributed by atoms with Gasteiger partial charge in [0.2, 0.25) is 0 Å². The molecule has 0 unspecified atom stereocenters. The summed E-state index contributed by atoms with van der Waals surface area (Å²) < 4.78 is 76.5. The van der Waals surface area contributed by atoms with Crippen molar-refractivity contribution >= 4 is 0 Å². The Balaban J connectivity index is 4.45. The van der Waals surface area contributed by atoms with Gasteiger partial charge in [-0.2, -0.15) is 0 Å². The highest BCUT2D eigenvalue weighted by Crippen LogP contribution is 2.40. The second-order valence-corrected chi connectivity index (χ2v) is 4.73. The highest BCUT2D eigenvalue weighted by Gasteiger charge is 2.47. The summed E-state index contributed by atoms with van der Waals surface area (Å²) in [5.41, 5.74) is 0. The van der Waals surface area contributed by atoms with Crippen molar-refractivity contribution in [2.24, 2.45) is 5.92 Å². The lowest BCUT2D eigenvalue weighted by Gasteiger charge is -2.26. The van der Waals surface area contributed by atoms with E-state index in [1.807, 2.05) is 0 Å². The van der Waals surface area contributed by atoms with Crippen LogP contribution in [0.1, 0.15) is 40.0 Å². The van der Waals surface area contributed by atoms with Gasteiger partial charge in [-0.1, -0.05) is 13.8 Å². The van der Waals surface area contributed by atoms with Gasteiger partial charge in [-0.25, -0.2) is 26.3 Å². The maximum atomic E-state index is 13.0. The molecule has 0 spiro atoms. The van der Waals surface area contributed by atoms with Crippen LogP contribution in [0.3, 0.4) is 0 Å². The van der Waals surface area contributed by atoms with Crippen molar-refractivity contribution in [3.63, 3.8) is 0 Å². The van der Waals surface area contributed by atoms with Crippen LogP contribution in [0.25, 0.3) is 0 Å². The number of rotatable bonds is 6. The summed E-state index contributed by atoms with van der Waals surface area (Å²) in [6.07, 6.45) is -4.38. The van der Waals surface area contributed by atoms with Crippen molar-refractivity contribution in [1.29, 1.82) is 0 Å². The molecule has 98 valence electrons. The van der Waals surface area contributed by atoms with E-state index in [1.54, 1.807) is 0 Å². The lowest BCUT2D eigenvalue weighted by atomic mass is 9.97. The van der Waals surface area contributed by atoms with Crippen LogP contribution in [0.5, 0.6) is 0 Å². The molecule has 0 nitrogen and oxygen atoms in total. The Hall–Kier alpha value is -0.420. The Bertz CT molecular complexity index is 216. The summed E-state index contributed by atoms with van der Waals surface area (Å²) in [6, 6.07) is 0. The summed E-state index contributed by atoms with van der Waals surface area (Å²) in [7, 11) is 0. The van der Waals surface area contributed by atoms with Crippen LogP contribution in [0, 0.1) is 5.92 Å². The second kappa shape index (κ2) is 4.84. The summed E-state index contributed by atoms with van der Waals surface area (Å²) in [4.78, 5) is 0. The van der Waals surface area contributed by atoms with Crippen molar-refractivity contribution < 1.29 is 26.3 Å². The van der Waals surface area contributed by atoms with Crippen molar-refractivity contribution in [2.45, 2.75) is 57.8 Å². The molecule has 0 aromatic carbocycles. The first kappa shape index (κ1) is 15.6. The van der Waals surface area contributed by atoms with Crippen LogP contribution in [-0.2, 0) is 0 Å². The lowest BCUT2D eigenvalue weighted by molar-refractivity contribution is -0.155. The predicted octanol–water partition coefficient (Wildman–Crippen LogP) is 4.74. The SMILES string of the molecule is CC(C)CC(F)(F)CC(F)(F)CC(C)(F)F. The minimum Gasteiger partial charge on any atom is -0.207 e. The fraction of sp³-hybridized carbons (Fsp3) is 1.00. The van der Waals surface area contributed by atoms with E-state index in [0.717, 1.165) is 0 Å². The molecule has 0 heterocycles. The molecule has 0 saturated heterocycles. The van der Waals surface area contributed by atoms with Gasteiger partial charge in [0.25, 0.3) is 17.8 Å². The van der Waals surface area contributed by atoms with Crippen LogP contribution >= 0.6 is 0 Å². The minimum absolute atomic E-state index is 0.293. The minimum atomic E-state index is -4.04. The number of hydrogen-bond donors (Lipinski definition) is 0. The van der Waals surface area contributed by atoms with Gasteiger partial charge in [-0.15, -0.1) is 0 Å². The highest BCUT2D eigenvalue weighted by molar-refractivity contribution is 4.81. The average Bonchev–Trinajstić information content (AvgIpc) is 1.69. The first-order valence-corrected chi connectivity index (χ1v) is 4.96. The molecule has 16 heavy (non-hydrogen) atoms. The van der Waals surface area contributed by atoms with Gasteiger partial charge in [-0.3, -0.25) is 0 Å². The lowest BCUT2D eigenvalue weighted by Crippen LogP contribution is -2.34. The van der Waals surface area contributed by atoms with Gasteiger partial charge in [0, 0.05) is 6.42 Å². The van der Waals surface area contributed by atoms with Crippen LogP contribution in [0.4, 0.5) is 26.3 Å². The molecule has 0 aliphatic rings. The van der Waals surface area contributed by atoms with E-state index in [0.29, 0.717) is 6.92 Å². The first-order valence-electron chi connectivity index (χ1n) is 4.96. The average molecular weight is 250 g/mol. The van der Waals surface area contributed by atoms with Crippen LogP contribution < -0.4 is 0 Å². The number of alkyl halides is 6. The second-order valence-electron chi connectivity index (χ2n) is 4.73. The Morgan fingerprint density at radius 1 is 0.812 bits per heavy atom. The molecule has 0 rings (SSSR count). The zero-order valence-corrected chi connectivity index (χ0v) is 9.47. The maximum Gasteiger partial charge on any atom is 0.259 e. The van der Waals surface area contributed by atoms with E-state index in [2.05, 4.69) is 0 Å². The third-order valence-electron chi connectivity index (χ3n) is 1.79. The summed E-state index contributed by atoms with van der Waals surface area (Å²) in [6.45, 7) is 3.21. The largest absolute Gasteiger partial charge is 0.259 e. The van der Waals surface area contributed by atoms with Crippen LogP contribution in [0.2, 0.25) is 0 Å². The fourth-order valence-electron chi connectivity index (χ4n) is 1.56. The van der Waals surface area contributed by atoms with E-state index >= 15 is 0 Å². The Kier molecular flexibility index (Phi) is 4.71. The smallest absolute Gasteiger partial charge is 0.207 e. The fourth-order valence-corrected chi connectivity index (χ4v) is 1.56. The molecular weight excluding hydrogens is 234 g/mol. The number of halogens is 6. The number of hydrogen-bond acceptors (Lipinski definition) is 0. The molecule has 0 aliphatic heterocycles. The topological polar surface area (TPSA) is 0 Å². The first-order chi connectivity index (χ1) is 6.83. The van der Waals surface area contributed by atoms with Crippen LogP contribution in [-0.4, -0.2) is 17.8 Å². The molecular formula is C10H16F6. The molecule has 0 aliphatic carbocycles. The molecule has 0 aromatic rings. The third kappa shape index (κ3) is 7.82. The molecule has 0 aromatic heterocycles. The van der Waals surface area contributed by atoms with E-state index < -0.39 is 42.9 Å². The monoisotopic (exact) mass is 250 g/mol. The van der Waals surface area contributed by atoms with E-state index in [-0.39, 0.29) is 0 Å². The Morgan fingerprint density at radius 3 is 1.56 bits per heavy atom. The molecule has 0 fully saturated rings. The zero-order valence-electron chi connectivity index (χ0n) is 9.47. The molecule has 0 radical (unpaired) electrons. The molecule has 0 bridgehead atoms. The Morgan fingerprint density at radius 2 is 1.25 bits per heavy atom. The predicted molar refractivity (Wildman–Crippen MR) is 49.2 cm³/mol. The third-order valence-corrected chi connectivity index (χ3v) is 1.79. The standard InChI is InChI=1S/C10H16F6/c1-7(2)4-9(13,14)6-10(15,16)5-8(3,11)12/h7H,4-6H2,1-3H3. The van der Waals surface area contributed by atoms with Gasteiger partial charge in [0.15, 0.2) is 0 Å². The zero-order chi connectivity index (χ0) is 13.2. The summed E-state index contributed by atoms with van der Waals surface area (Å²) in [5.74, 6) is -11.8. The molecule has 0 atom stereocenters. The van der Waals surface area contributed by atoms with Crippen molar-refractivity contribution in [3.05, 3.63) is 0 Å². The highest BCUT2D eigenvalue weighted by atomic mass is 19.3.